The molecular weight excluding hydrogens is 200 g/mol. The number of hydrazine groups is 1. The maximum absolute atomic E-state index is 11.3. The summed E-state index contributed by atoms with van der Waals surface area (Å²) in [5, 5.41) is 9.55. The van der Waals surface area contributed by atoms with Crippen LogP contribution in [-0.2, 0) is 0 Å². The molecule has 0 heterocycles. The molecule has 7 nitrogen and oxygen atoms in total. The second-order valence-corrected chi connectivity index (χ2v) is 2.71. The molecule has 7 heteroatoms. The lowest BCUT2D eigenvalue weighted by Gasteiger charge is -2.13. The monoisotopic (exact) mass is 210 g/mol. The zero-order valence-electron chi connectivity index (χ0n) is 7.69. The lowest BCUT2D eigenvalue weighted by atomic mass is 10.1. The van der Waals surface area contributed by atoms with Crippen LogP contribution in [0.2, 0.25) is 0 Å². The van der Waals surface area contributed by atoms with E-state index in [9.17, 15) is 14.8 Å². The quantitative estimate of drug-likeness (QED) is 0.248. The fraction of sp³-hybridized carbons (Fsp3) is 0. The summed E-state index contributed by atoms with van der Waals surface area (Å²) >= 11 is 0. The van der Waals surface area contributed by atoms with Crippen LogP contribution in [0.3, 0.4) is 0 Å². The minimum absolute atomic E-state index is 0.0174. The Balaban J connectivity index is 3.18. The molecule has 0 radical (unpaired) electrons. The van der Waals surface area contributed by atoms with Crippen molar-refractivity contribution in [1.29, 1.82) is 0 Å². The van der Waals surface area contributed by atoms with E-state index < -0.39 is 17.0 Å². The Morgan fingerprint density at radius 2 is 1.80 bits per heavy atom. The second-order valence-electron chi connectivity index (χ2n) is 2.71. The number of hydrogen-bond donors (Lipinski definition) is 4. The topological polar surface area (TPSA) is 126 Å². The number of benzene rings is 1. The standard InChI is InChI=1S/C8H10N4O3/c9-11-7(13)5-3-1-2-4-6(5)8(14)12(10)15/h1-4,12H,9-10H2,(H,11,13). The van der Waals surface area contributed by atoms with E-state index in [4.69, 9.17) is 11.7 Å². The summed E-state index contributed by atoms with van der Waals surface area (Å²) in [6.07, 6.45) is 0. The molecule has 0 saturated carbocycles. The lowest BCUT2D eigenvalue weighted by Crippen LogP contribution is -3.15. The summed E-state index contributed by atoms with van der Waals surface area (Å²) in [5.74, 6) is 8.17. The molecule has 1 atom stereocenters. The molecular formula is C8H10N4O3. The van der Waals surface area contributed by atoms with Crippen LogP contribution >= 0.6 is 0 Å². The first kappa shape index (κ1) is 11.3. The molecule has 1 aromatic carbocycles. The molecule has 0 aliphatic carbocycles. The van der Waals surface area contributed by atoms with E-state index >= 15 is 0 Å². The van der Waals surface area contributed by atoms with Gasteiger partial charge in [-0.1, -0.05) is 12.1 Å². The molecule has 0 saturated heterocycles. The van der Waals surface area contributed by atoms with E-state index in [0.717, 1.165) is 0 Å². The average molecular weight is 210 g/mol. The van der Waals surface area contributed by atoms with Gasteiger partial charge in [-0.05, 0) is 12.1 Å². The minimum Gasteiger partial charge on any atom is -0.606 e. The van der Waals surface area contributed by atoms with Crippen LogP contribution in [-0.4, -0.2) is 11.8 Å². The highest BCUT2D eigenvalue weighted by Crippen LogP contribution is 2.06. The Bertz CT molecular complexity index is 391. The normalized spacial score (nSPS) is 11.9. The van der Waals surface area contributed by atoms with Gasteiger partial charge in [-0.3, -0.25) is 10.2 Å². The van der Waals surface area contributed by atoms with Crippen molar-refractivity contribution in [2.45, 2.75) is 0 Å². The molecule has 0 aliphatic rings. The average Bonchev–Trinajstić information content (AvgIpc) is 2.27. The second kappa shape index (κ2) is 4.62. The van der Waals surface area contributed by atoms with Crippen LogP contribution in [0.5, 0.6) is 0 Å². The zero-order chi connectivity index (χ0) is 11.4. The highest BCUT2D eigenvalue weighted by atomic mass is 16.5. The van der Waals surface area contributed by atoms with Gasteiger partial charge >= 0.3 is 5.91 Å². The maximum Gasteiger partial charge on any atom is 0.363 e. The molecule has 0 aliphatic heterocycles. The summed E-state index contributed by atoms with van der Waals surface area (Å²) < 4.78 is 0. The van der Waals surface area contributed by atoms with E-state index in [1.165, 1.54) is 18.2 Å². The van der Waals surface area contributed by atoms with Crippen molar-refractivity contribution in [2.75, 3.05) is 0 Å². The van der Waals surface area contributed by atoms with Gasteiger partial charge < -0.3 is 5.21 Å². The van der Waals surface area contributed by atoms with Crippen LogP contribution in [0.15, 0.2) is 24.3 Å². The Hall–Kier alpha value is -1.80. The first-order valence-electron chi connectivity index (χ1n) is 4.02. The summed E-state index contributed by atoms with van der Waals surface area (Å²) in [7, 11) is 0. The number of carbonyl (C=O) groups is 2. The minimum atomic E-state index is -1.12. The fourth-order valence-corrected chi connectivity index (χ4v) is 1.09. The number of hydrogen-bond acceptors (Lipinski definition) is 5. The first-order valence-corrected chi connectivity index (χ1v) is 4.02. The number of nitrogen functional groups attached to an aromatic ring is 2. The molecule has 1 unspecified atom stereocenters. The predicted molar refractivity (Wildman–Crippen MR) is 50.9 cm³/mol. The number of nitrogens with two attached hydrogens (primary N) is 2. The Labute approximate surface area is 85.2 Å². The molecule has 15 heavy (non-hydrogen) atoms. The van der Waals surface area contributed by atoms with Crippen molar-refractivity contribution < 1.29 is 14.8 Å². The number of carbonyl (C=O) groups excluding carboxylic acids is 2. The molecule has 0 bridgehead atoms. The van der Waals surface area contributed by atoms with E-state index in [1.807, 2.05) is 5.43 Å². The van der Waals surface area contributed by atoms with Crippen LogP contribution in [0.25, 0.3) is 0 Å². The fourth-order valence-electron chi connectivity index (χ4n) is 1.09. The van der Waals surface area contributed by atoms with Crippen LogP contribution in [0.4, 0.5) is 0 Å². The number of hydroxylamine groups is 1. The molecule has 1 rings (SSSR count). The van der Waals surface area contributed by atoms with Crippen molar-refractivity contribution in [3.05, 3.63) is 40.6 Å². The van der Waals surface area contributed by atoms with Crippen molar-refractivity contribution in [3.8, 4) is 0 Å². The van der Waals surface area contributed by atoms with Crippen LogP contribution < -0.4 is 22.3 Å². The van der Waals surface area contributed by atoms with Gasteiger partial charge in [-0.15, -0.1) is 0 Å². The van der Waals surface area contributed by atoms with Crippen molar-refractivity contribution >= 4 is 11.8 Å². The van der Waals surface area contributed by atoms with Gasteiger partial charge in [0.25, 0.3) is 5.91 Å². The van der Waals surface area contributed by atoms with E-state index in [1.54, 1.807) is 6.07 Å². The number of nitrogens with one attached hydrogen (secondary N) is 2. The SMILES string of the molecule is NNC(=O)c1ccccc1C(=O)[NH+](N)[O-]. The Kier molecular flexibility index (Phi) is 3.47. The molecule has 0 spiro atoms. The van der Waals surface area contributed by atoms with Gasteiger partial charge in [0.15, 0.2) is 0 Å². The molecule has 1 aromatic rings. The van der Waals surface area contributed by atoms with E-state index in [0.29, 0.717) is 0 Å². The first-order chi connectivity index (χ1) is 7.07. The lowest BCUT2D eigenvalue weighted by molar-refractivity contribution is -0.770. The third-order valence-electron chi connectivity index (χ3n) is 1.77. The van der Waals surface area contributed by atoms with Gasteiger partial charge in [0.05, 0.1) is 11.1 Å². The molecule has 0 aromatic heterocycles. The Morgan fingerprint density at radius 1 is 1.27 bits per heavy atom. The summed E-state index contributed by atoms with van der Waals surface area (Å²) in [4.78, 5) is 22.5. The van der Waals surface area contributed by atoms with Crippen LogP contribution in [0, 0.1) is 5.21 Å². The maximum atomic E-state index is 11.3. The highest BCUT2D eigenvalue weighted by molar-refractivity contribution is 6.04. The van der Waals surface area contributed by atoms with Gasteiger partial charge in [0, 0.05) is 0 Å². The predicted octanol–water partition coefficient (Wildman–Crippen LogP) is -2.31. The summed E-state index contributed by atoms with van der Waals surface area (Å²) in [6.45, 7) is 0. The van der Waals surface area contributed by atoms with Gasteiger partial charge in [-0.25, -0.2) is 15.8 Å². The van der Waals surface area contributed by atoms with Crippen molar-refractivity contribution in [1.82, 2.24) is 5.43 Å². The van der Waals surface area contributed by atoms with E-state index in [2.05, 4.69) is 0 Å². The van der Waals surface area contributed by atoms with Gasteiger partial charge in [0.2, 0.25) is 0 Å². The smallest absolute Gasteiger partial charge is 0.363 e. The van der Waals surface area contributed by atoms with Crippen molar-refractivity contribution in [2.24, 2.45) is 11.7 Å². The summed E-state index contributed by atoms with van der Waals surface area (Å²) in [5.41, 5.74) is 1.83. The number of quaternary nitrogens is 1. The largest absolute Gasteiger partial charge is 0.606 e. The van der Waals surface area contributed by atoms with Crippen molar-refractivity contribution in [3.63, 3.8) is 0 Å². The molecule has 6 N–H and O–H groups in total. The Morgan fingerprint density at radius 3 is 2.27 bits per heavy atom. The van der Waals surface area contributed by atoms with Gasteiger partial charge in [0.1, 0.15) is 0 Å². The zero-order valence-corrected chi connectivity index (χ0v) is 7.69. The molecule has 0 fully saturated rings. The highest BCUT2D eigenvalue weighted by Gasteiger charge is 2.19. The third kappa shape index (κ3) is 2.36. The van der Waals surface area contributed by atoms with Gasteiger partial charge in [-0.2, -0.15) is 5.84 Å². The third-order valence-corrected chi connectivity index (χ3v) is 1.77. The molecule has 80 valence electrons. The number of amides is 2. The van der Waals surface area contributed by atoms with Crippen LogP contribution in [0.1, 0.15) is 20.7 Å². The van der Waals surface area contributed by atoms with E-state index in [-0.39, 0.29) is 11.1 Å². The number of rotatable bonds is 2. The molecule has 2 amide bonds. The summed E-state index contributed by atoms with van der Waals surface area (Å²) in [6, 6.07) is 5.77.